The fraction of sp³-hybridized carbons (Fsp3) is 0.292. The zero-order valence-corrected chi connectivity index (χ0v) is 20.0. The summed E-state index contributed by atoms with van der Waals surface area (Å²) in [6.45, 7) is 0.0953. The Labute approximate surface area is 200 Å². The van der Waals surface area contributed by atoms with E-state index in [0.717, 1.165) is 10.1 Å². The molecule has 4 rings (SSSR count). The normalized spacial score (nSPS) is 12.1. The molecule has 0 amide bonds. The number of rotatable bonds is 9. The van der Waals surface area contributed by atoms with Crippen LogP contribution in [-0.4, -0.2) is 43.6 Å². The van der Waals surface area contributed by atoms with Crippen LogP contribution in [0.5, 0.6) is 11.5 Å². The molecule has 0 aliphatic heterocycles. The second-order valence-corrected chi connectivity index (χ2v) is 8.74. The molecule has 1 N–H and O–H groups in total. The van der Waals surface area contributed by atoms with Gasteiger partial charge in [0.25, 0.3) is 5.56 Å². The van der Waals surface area contributed by atoms with E-state index in [2.05, 4.69) is 4.98 Å². The van der Waals surface area contributed by atoms with Crippen molar-refractivity contribution in [3.05, 3.63) is 81.0 Å². The highest BCUT2D eigenvalue weighted by Crippen LogP contribution is 2.25. The van der Waals surface area contributed by atoms with Crippen LogP contribution in [0, 0.1) is 0 Å². The third kappa shape index (κ3) is 4.87. The molecule has 1 atom stereocenters. The second-order valence-electron chi connectivity index (χ2n) is 7.80. The molecule has 0 aliphatic rings. The van der Waals surface area contributed by atoms with Crippen molar-refractivity contribution in [3.63, 3.8) is 0 Å². The minimum Gasteiger partial charge on any atom is -0.497 e. The van der Waals surface area contributed by atoms with Gasteiger partial charge in [-0.1, -0.05) is 42.1 Å². The first-order valence-corrected chi connectivity index (χ1v) is 11.7. The van der Waals surface area contributed by atoms with Gasteiger partial charge in [-0.3, -0.25) is 13.9 Å². The van der Waals surface area contributed by atoms with Gasteiger partial charge in [-0.25, -0.2) is 9.78 Å². The van der Waals surface area contributed by atoms with E-state index in [4.69, 9.17) is 9.47 Å². The van der Waals surface area contributed by atoms with Gasteiger partial charge in [-0.05, 0) is 29.8 Å². The van der Waals surface area contributed by atoms with Crippen molar-refractivity contribution in [3.8, 4) is 11.5 Å². The maximum Gasteiger partial charge on any atom is 0.332 e. The molecule has 34 heavy (non-hydrogen) atoms. The van der Waals surface area contributed by atoms with E-state index in [0.29, 0.717) is 22.4 Å². The minimum atomic E-state index is -0.919. The van der Waals surface area contributed by atoms with E-state index in [9.17, 15) is 14.7 Å². The molecule has 9 nitrogen and oxygen atoms in total. The smallest absolute Gasteiger partial charge is 0.332 e. The summed E-state index contributed by atoms with van der Waals surface area (Å²) in [5, 5.41) is 11.3. The van der Waals surface area contributed by atoms with Crippen molar-refractivity contribution in [2.75, 3.05) is 13.7 Å². The summed E-state index contributed by atoms with van der Waals surface area (Å²) < 4.78 is 14.9. The first-order chi connectivity index (χ1) is 16.4. The summed E-state index contributed by atoms with van der Waals surface area (Å²) in [4.78, 5) is 30.0. The van der Waals surface area contributed by atoms with Crippen LogP contribution in [-0.2, 0) is 26.4 Å². The van der Waals surface area contributed by atoms with Crippen molar-refractivity contribution < 1.29 is 14.6 Å². The first-order valence-electron chi connectivity index (χ1n) is 10.7. The van der Waals surface area contributed by atoms with Crippen LogP contribution in [0.3, 0.4) is 0 Å². The van der Waals surface area contributed by atoms with Crippen LogP contribution in [0.25, 0.3) is 11.2 Å². The van der Waals surface area contributed by atoms with Crippen molar-refractivity contribution in [2.45, 2.75) is 23.6 Å². The Bertz CT molecular complexity index is 1390. The molecular formula is C24H26N4O5S. The summed E-state index contributed by atoms with van der Waals surface area (Å²) in [5.74, 6) is 1.92. The zero-order chi connectivity index (χ0) is 24.2. The number of aryl methyl sites for hydroxylation is 1. The standard InChI is InChI=1S/C24H26N4O5S/c1-26-21-20(22(30)27(2)24(26)31)28(23(25-21)34-15-16-7-5-4-6-8-16)13-17(29)14-33-19-11-9-18(32-3)10-12-19/h4-12,17,29H,13-15H2,1-3H3. The largest absolute Gasteiger partial charge is 0.497 e. The first kappa shape index (κ1) is 23.7. The summed E-state index contributed by atoms with van der Waals surface area (Å²) in [6, 6.07) is 16.9. The number of hydrogen-bond donors (Lipinski definition) is 1. The predicted octanol–water partition coefficient (Wildman–Crippen LogP) is 2.17. The van der Waals surface area contributed by atoms with Gasteiger partial charge < -0.3 is 19.1 Å². The van der Waals surface area contributed by atoms with E-state index in [1.165, 1.54) is 23.4 Å². The quantitative estimate of drug-likeness (QED) is 0.365. The Balaban J connectivity index is 1.62. The van der Waals surface area contributed by atoms with Crippen LogP contribution in [0.4, 0.5) is 0 Å². The maximum atomic E-state index is 13.0. The summed E-state index contributed by atoms with van der Waals surface area (Å²) >= 11 is 1.44. The van der Waals surface area contributed by atoms with Gasteiger partial charge in [0.05, 0.1) is 13.7 Å². The Morgan fingerprint density at radius 2 is 1.68 bits per heavy atom. The van der Waals surface area contributed by atoms with Crippen molar-refractivity contribution in [1.82, 2.24) is 18.7 Å². The molecule has 0 bridgehead atoms. The average molecular weight is 483 g/mol. The number of ether oxygens (including phenoxy) is 2. The van der Waals surface area contributed by atoms with Crippen molar-refractivity contribution in [2.24, 2.45) is 14.1 Å². The molecule has 2 heterocycles. The molecule has 4 aromatic rings. The Morgan fingerprint density at radius 3 is 2.35 bits per heavy atom. The number of methoxy groups -OCH3 is 1. The number of aliphatic hydroxyl groups is 1. The lowest BCUT2D eigenvalue weighted by molar-refractivity contribution is 0.0913. The van der Waals surface area contributed by atoms with Crippen molar-refractivity contribution in [1.29, 1.82) is 0 Å². The number of hydrogen-bond acceptors (Lipinski definition) is 7. The maximum absolute atomic E-state index is 13.0. The van der Waals surface area contributed by atoms with E-state index in [-0.39, 0.29) is 24.3 Å². The highest BCUT2D eigenvalue weighted by atomic mass is 32.2. The number of aliphatic hydroxyl groups excluding tert-OH is 1. The molecule has 0 saturated carbocycles. The van der Waals surface area contributed by atoms with Crippen molar-refractivity contribution >= 4 is 22.9 Å². The Hall–Kier alpha value is -3.50. The number of nitrogens with zero attached hydrogens (tertiary/aromatic N) is 4. The van der Waals surface area contributed by atoms with E-state index < -0.39 is 17.4 Å². The zero-order valence-electron chi connectivity index (χ0n) is 19.2. The molecule has 0 aliphatic carbocycles. The topological polar surface area (TPSA) is 101 Å². The summed E-state index contributed by atoms with van der Waals surface area (Å²) in [5.41, 5.74) is 0.734. The van der Waals surface area contributed by atoms with Crippen LogP contribution < -0.4 is 20.7 Å². The van der Waals surface area contributed by atoms with Crippen LogP contribution in [0.1, 0.15) is 5.56 Å². The lowest BCUT2D eigenvalue weighted by atomic mass is 10.2. The van der Waals surface area contributed by atoms with Crippen LogP contribution in [0.15, 0.2) is 69.3 Å². The number of aromatic nitrogens is 4. The summed E-state index contributed by atoms with van der Waals surface area (Å²) in [6.07, 6.45) is -0.919. The fourth-order valence-electron chi connectivity index (χ4n) is 3.56. The Kier molecular flexibility index (Phi) is 7.09. The third-order valence-corrected chi connectivity index (χ3v) is 6.47. The van der Waals surface area contributed by atoms with Crippen LogP contribution >= 0.6 is 11.8 Å². The van der Waals surface area contributed by atoms with E-state index >= 15 is 0 Å². The molecule has 10 heteroatoms. The third-order valence-electron chi connectivity index (χ3n) is 5.42. The van der Waals surface area contributed by atoms with Gasteiger partial charge >= 0.3 is 5.69 Å². The highest BCUT2D eigenvalue weighted by molar-refractivity contribution is 7.98. The molecule has 178 valence electrons. The predicted molar refractivity (Wildman–Crippen MR) is 131 cm³/mol. The molecule has 0 saturated heterocycles. The molecule has 0 fully saturated rings. The molecule has 2 aromatic heterocycles. The van der Waals surface area contributed by atoms with Gasteiger partial charge in [-0.15, -0.1) is 0 Å². The van der Waals surface area contributed by atoms with Gasteiger partial charge in [0.15, 0.2) is 16.3 Å². The molecule has 2 aromatic carbocycles. The van der Waals surface area contributed by atoms with Gasteiger partial charge in [0, 0.05) is 19.8 Å². The SMILES string of the molecule is COc1ccc(OCC(O)Cn2c(SCc3ccccc3)nc3c2c(=O)n(C)c(=O)n3C)cc1. The molecular weight excluding hydrogens is 456 g/mol. The highest BCUT2D eigenvalue weighted by Gasteiger charge is 2.21. The minimum absolute atomic E-state index is 0.0148. The number of benzene rings is 2. The monoisotopic (exact) mass is 482 g/mol. The second kappa shape index (κ2) is 10.2. The Morgan fingerprint density at radius 1 is 1.00 bits per heavy atom. The van der Waals surface area contributed by atoms with Gasteiger partial charge in [0.2, 0.25) is 0 Å². The number of fused-ring (bicyclic) bond motifs is 1. The molecule has 1 unspecified atom stereocenters. The lowest BCUT2D eigenvalue weighted by Gasteiger charge is -2.15. The number of thioether (sulfide) groups is 1. The number of imidazole rings is 1. The van der Waals surface area contributed by atoms with Gasteiger partial charge in [-0.2, -0.15) is 0 Å². The molecule has 0 spiro atoms. The molecule has 0 radical (unpaired) electrons. The van der Waals surface area contributed by atoms with Crippen LogP contribution in [0.2, 0.25) is 0 Å². The van der Waals surface area contributed by atoms with Gasteiger partial charge in [0.1, 0.15) is 24.2 Å². The average Bonchev–Trinajstić information content (AvgIpc) is 3.22. The fourth-order valence-corrected chi connectivity index (χ4v) is 4.52. The summed E-state index contributed by atoms with van der Waals surface area (Å²) in [7, 11) is 4.60. The van der Waals surface area contributed by atoms with E-state index in [1.807, 2.05) is 30.3 Å². The van der Waals surface area contributed by atoms with E-state index in [1.54, 1.807) is 43.0 Å². The lowest BCUT2D eigenvalue weighted by Crippen LogP contribution is -2.38.